The highest BCUT2D eigenvalue weighted by Gasteiger charge is 2.23. The lowest BCUT2D eigenvalue weighted by molar-refractivity contribution is 0.0696. The molecule has 0 spiro atoms. The van der Waals surface area contributed by atoms with Gasteiger partial charge >= 0.3 is 11.7 Å². The summed E-state index contributed by atoms with van der Waals surface area (Å²) in [6.45, 7) is 1.77. The number of carboxylic acid groups (broad SMARTS) is 1. The van der Waals surface area contributed by atoms with Gasteiger partial charge in [-0.25, -0.2) is 22.8 Å². The fourth-order valence-corrected chi connectivity index (χ4v) is 5.26. The molecule has 0 aliphatic carbocycles. The highest BCUT2D eigenvalue weighted by atomic mass is 19.2. The van der Waals surface area contributed by atoms with Gasteiger partial charge in [-0.15, -0.1) is 0 Å². The van der Waals surface area contributed by atoms with Crippen LogP contribution in [0.3, 0.4) is 0 Å². The van der Waals surface area contributed by atoms with E-state index in [2.05, 4.69) is 5.32 Å². The Bertz CT molecular complexity index is 2150. The molecule has 10 heteroatoms. The first-order chi connectivity index (χ1) is 22.1. The summed E-state index contributed by atoms with van der Waals surface area (Å²) in [4.78, 5) is 38.3. The molecule has 0 aliphatic heterocycles. The summed E-state index contributed by atoms with van der Waals surface area (Å²) in [5.74, 6) is -4.84. The minimum Gasteiger partial charge on any atom is -0.478 e. The van der Waals surface area contributed by atoms with Crippen LogP contribution in [-0.4, -0.2) is 21.6 Å². The maximum Gasteiger partial charge on any atom is 0.420 e. The Hall–Kier alpha value is -5.90. The van der Waals surface area contributed by atoms with Crippen molar-refractivity contribution in [2.45, 2.75) is 19.5 Å². The van der Waals surface area contributed by atoms with Crippen molar-refractivity contribution in [3.8, 4) is 22.3 Å². The van der Waals surface area contributed by atoms with Crippen LogP contribution in [0, 0.1) is 17.5 Å². The molecule has 5 aromatic carbocycles. The van der Waals surface area contributed by atoms with Gasteiger partial charge in [-0.05, 0) is 88.8 Å². The normalized spacial score (nSPS) is 11.8. The monoisotopic (exact) mass is 622 g/mol. The van der Waals surface area contributed by atoms with Gasteiger partial charge < -0.3 is 14.8 Å². The number of carbonyl (C=O) groups is 2. The molecule has 46 heavy (non-hydrogen) atoms. The van der Waals surface area contributed by atoms with Crippen LogP contribution < -0.4 is 11.1 Å². The van der Waals surface area contributed by atoms with Crippen LogP contribution >= 0.6 is 0 Å². The first kappa shape index (κ1) is 30.1. The van der Waals surface area contributed by atoms with E-state index in [1.807, 2.05) is 24.3 Å². The molecule has 1 atom stereocenters. The van der Waals surface area contributed by atoms with Crippen molar-refractivity contribution in [3.05, 3.63) is 153 Å². The van der Waals surface area contributed by atoms with Crippen LogP contribution in [-0.2, 0) is 6.54 Å². The maximum atomic E-state index is 14.2. The van der Waals surface area contributed by atoms with Crippen molar-refractivity contribution in [1.29, 1.82) is 0 Å². The molecule has 0 saturated heterocycles. The second kappa shape index (κ2) is 12.2. The van der Waals surface area contributed by atoms with Crippen LogP contribution in [0.5, 0.6) is 0 Å². The number of carboxylic acids is 1. The van der Waals surface area contributed by atoms with Crippen molar-refractivity contribution in [2.24, 2.45) is 0 Å². The molecule has 1 heterocycles. The first-order valence-corrected chi connectivity index (χ1v) is 14.2. The number of fused-ring (bicyclic) bond motifs is 1. The number of hydrogen-bond acceptors (Lipinski definition) is 4. The molecular formula is C36H25F3N2O5. The molecule has 7 nitrogen and oxygen atoms in total. The van der Waals surface area contributed by atoms with E-state index in [0.29, 0.717) is 11.1 Å². The quantitative estimate of drug-likeness (QED) is 0.182. The Balaban J connectivity index is 1.39. The van der Waals surface area contributed by atoms with Crippen molar-refractivity contribution in [2.75, 3.05) is 0 Å². The first-order valence-electron chi connectivity index (χ1n) is 14.2. The molecule has 0 saturated carbocycles. The highest BCUT2D eigenvalue weighted by molar-refractivity contribution is 6.06. The number of nitrogens with one attached hydrogen (secondary N) is 1. The fourth-order valence-electron chi connectivity index (χ4n) is 5.26. The average molecular weight is 623 g/mol. The van der Waals surface area contributed by atoms with Gasteiger partial charge in [0.25, 0.3) is 5.91 Å². The third kappa shape index (κ3) is 6.05. The number of amides is 1. The summed E-state index contributed by atoms with van der Waals surface area (Å²) in [6, 6.07) is 25.1. The molecule has 1 amide bonds. The van der Waals surface area contributed by atoms with Gasteiger partial charge in [0, 0.05) is 0 Å². The number of halogens is 3. The van der Waals surface area contributed by atoms with Crippen LogP contribution in [0.15, 0.2) is 112 Å². The third-order valence-corrected chi connectivity index (χ3v) is 7.74. The van der Waals surface area contributed by atoms with Crippen molar-refractivity contribution in [1.82, 2.24) is 9.88 Å². The van der Waals surface area contributed by atoms with Gasteiger partial charge in [-0.2, -0.15) is 0 Å². The molecule has 2 N–H and O–H groups in total. The maximum absolute atomic E-state index is 14.2. The SMILES string of the molecule is C[C@H](NC(=O)c1cc(-c2ccc(F)c(F)c2)cc2oc(=O)n(Cc3ccc(-c4ccc(F)cc4)cc3)c12)c1ccc(C(=O)O)cc1. The van der Waals surface area contributed by atoms with Gasteiger partial charge in [-0.1, -0.05) is 54.6 Å². The number of aromatic carboxylic acids is 1. The fraction of sp³-hybridized carbons (Fsp3) is 0.0833. The van der Waals surface area contributed by atoms with E-state index in [9.17, 15) is 32.7 Å². The van der Waals surface area contributed by atoms with Crippen LogP contribution in [0.2, 0.25) is 0 Å². The van der Waals surface area contributed by atoms with E-state index in [4.69, 9.17) is 4.42 Å². The molecule has 0 aliphatic rings. The summed E-state index contributed by atoms with van der Waals surface area (Å²) < 4.78 is 48.1. The number of nitrogens with zero attached hydrogens (tertiary/aromatic N) is 1. The molecule has 0 bridgehead atoms. The molecule has 1 aromatic heterocycles. The van der Waals surface area contributed by atoms with Gasteiger partial charge in [0.1, 0.15) is 11.3 Å². The lowest BCUT2D eigenvalue weighted by atomic mass is 10.00. The Morgan fingerprint density at radius 2 is 1.41 bits per heavy atom. The van der Waals surface area contributed by atoms with E-state index in [1.54, 1.807) is 31.2 Å². The lowest BCUT2D eigenvalue weighted by Crippen LogP contribution is -2.28. The van der Waals surface area contributed by atoms with Crippen LogP contribution in [0.25, 0.3) is 33.4 Å². The third-order valence-electron chi connectivity index (χ3n) is 7.74. The molecular weight excluding hydrogens is 597 g/mol. The minimum atomic E-state index is -1.08. The van der Waals surface area contributed by atoms with E-state index in [1.165, 1.54) is 47.0 Å². The topological polar surface area (TPSA) is 102 Å². The number of hydrogen-bond donors (Lipinski definition) is 2. The molecule has 6 aromatic rings. The number of rotatable bonds is 8. The highest BCUT2D eigenvalue weighted by Crippen LogP contribution is 2.30. The van der Waals surface area contributed by atoms with Crippen molar-refractivity contribution in [3.63, 3.8) is 0 Å². The van der Waals surface area contributed by atoms with Gasteiger partial charge in [0.05, 0.1) is 23.7 Å². The Morgan fingerprint density at radius 1 is 0.783 bits per heavy atom. The summed E-state index contributed by atoms with van der Waals surface area (Å²) >= 11 is 0. The zero-order valence-electron chi connectivity index (χ0n) is 24.3. The largest absolute Gasteiger partial charge is 0.478 e. The predicted octanol–water partition coefficient (Wildman–Crippen LogP) is 7.58. The Morgan fingerprint density at radius 3 is 2.04 bits per heavy atom. The summed E-state index contributed by atoms with van der Waals surface area (Å²) in [6.07, 6.45) is 0. The average Bonchev–Trinajstić information content (AvgIpc) is 3.36. The molecule has 6 rings (SSSR count). The van der Waals surface area contributed by atoms with E-state index in [-0.39, 0.29) is 40.2 Å². The lowest BCUT2D eigenvalue weighted by Gasteiger charge is -2.16. The summed E-state index contributed by atoms with van der Waals surface area (Å²) in [5, 5.41) is 12.1. The van der Waals surface area contributed by atoms with E-state index < -0.39 is 35.3 Å². The van der Waals surface area contributed by atoms with Crippen molar-refractivity contribution >= 4 is 23.0 Å². The van der Waals surface area contributed by atoms with E-state index >= 15 is 0 Å². The number of carbonyl (C=O) groups excluding carboxylic acids is 1. The van der Waals surface area contributed by atoms with Crippen LogP contribution in [0.1, 0.15) is 44.8 Å². The smallest absolute Gasteiger partial charge is 0.420 e. The minimum absolute atomic E-state index is 0.0482. The number of aromatic nitrogens is 1. The van der Waals surface area contributed by atoms with Crippen LogP contribution in [0.4, 0.5) is 13.2 Å². The standard InChI is InChI=1S/C36H25F3N2O5/c1-20(22-6-8-25(9-7-22)35(43)44)40-34(42)29-16-27(26-12-15-30(38)31(39)17-26)18-32-33(29)41(36(45)46-32)19-21-2-4-23(5-3-21)24-10-13-28(37)14-11-24/h2-18,20H,19H2,1H3,(H,40,42)(H,43,44)/t20-/m0/s1. The Labute approximate surface area is 260 Å². The second-order valence-electron chi connectivity index (χ2n) is 10.8. The molecule has 0 fully saturated rings. The molecule has 0 unspecified atom stereocenters. The summed E-state index contributed by atoms with van der Waals surface area (Å²) in [5.41, 5.74) is 4.01. The number of oxazole rings is 1. The van der Waals surface area contributed by atoms with Gasteiger partial charge in [0.2, 0.25) is 0 Å². The number of benzene rings is 5. The van der Waals surface area contributed by atoms with E-state index in [0.717, 1.165) is 28.8 Å². The predicted molar refractivity (Wildman–Crippen MR) is 166 cm³/mol. The molecule has 230 valence electrons. The second-order valence-corrected chi connectivity index (χ2v) is 10.8. The Kier molecular flexibility index (Phi) is 8.02. The van der Waals surface area contributed by atoms with Gasteiger partial charge in [-0.3, -0.25) is 9.36 Å². The zero-order valence-corrected chi connectivity index (χ0v) is 24.3. The molecule has 0 radical (unpaired) electrons. The van der Waals surface area contributed by atoms with Crippen molar-refractivity contribution < 1.29 is 32.3 Å². The zero-order chi connectivity index (χ0) is 32.5. The summed E-state index contributed by atoms with van der Waals surface area (Å²) in [7, 11) is 0. The van der Waals surface area contributed by atoms with Gasteiger partial charge in [0.15, 0.2) is 17.2 Å².